The Morgan fingerprint density at radius 3 is 3.10 bits per heavy atom. The van der Waals surface area contributed by atoms with Crippen LogP contribution in [0.3, 0.4) is 0 Å². The molecule has 0 bridgehead atoms. The highest BCUT2D eigenvalue weighted by atomic mass is 127. The first-order valence-corrected chi connectivity index (χ1v) is 7.43. The van der Waals surface area contributed by atoms with Crippen LogP contribution < -0.4 is 5.32 Å². The van der Waals surface area contributed by atoms with Gasteiger partial charge in [-0.2, -0.15) is 4.98 Å². The lowest BCUT2D eigenvalue weighted by Crippen LogP contribution is -2.44. The number of nitrogens with one attached hydrogen (secondary N) is 1. The van der Waals surface area contributed by atoms with Gasteiger partial charge in [-0.1, -0.05) is 5.16 Å². The van der Waals surface area contributed by atoms with Crippen molar-refractivity contribution < 1.29 is 8.91 Å². The largest absolute Gasteiger partial charge is 0.334 e. The standard InChI is InChI=1S/C13H14FIN4O/c1-19-5-4-16-7-11(19)12-17-13(20-18-12)9-3-2-8(14)6-10(9)15/h2-3,6,11,16H,4-5,7H2,1H3. The van der Waals surface area contributed by atoms with Gasteiger partial charge in [-0.25, -0.2) is 4.39 Å². The molecule has 106 valence electrons. The molecule has 3 rings (SSSR count). The summed E-state index contributed by atoms with van der Waals surface area (Å²) < 4.78 is 19.2. The van der Waals surface area contributed by atoms with Crippen molar-refractivity contribution in [2.24, 2.45) is 0 Å². The van der Waals surface area contributed by atoms with Gasteiger partial charge < -0.3 is 9.84 Å². The number of rotatable bonds is 2. The van der Waals surface area contributed by atoms with Gasteiger partial charge in [0.05, 0.1) is 11.6 Å². The van der Waals surface area contributed by atoms with Crippen molar-refractivity contribution in [1.29, 1.82) is 0 Å². The van der Waals surface area contributed by atoms with Crippen LogP contribution in [0.5, 0.6) is 0 Å². The molecule has 5 nitrogen and oxygen atoms in total. The second-order valence-corrected chi connectivity index (χ2v) is 5.94. The lowest BCUT2D eigenvalue weighted by Gasteiger charge is -2.30. The fraction of sp³-hybridized carbons (Fsp3) is 0.385. The van der Waals surface area contributed by atoms with E-state index in [4.69, 9.17) is 4.52 Å². The average molecular weight is 388 g/mol. The number of halogens is 2. The Bertz CT molecular complexity index is 618. The Morgan fingerprint density at radius 1 is 1.50 bits per heavy atom. The van der Waals surface area contributed by atoms with Gasteiger partial charge >= 0.3 is 0 Å². The van der Waals surface area contributed by atoms with Crippen LogP contribution >= 0.6 is 22.6 Å². The van der Waals surface area contributed by atoms with Crippen LogP contribution in [-0.4, -0.2) is 41.7 Å². The van der Waals surface area contributed by atoms with Gasteiger partial charge in [0.2, 0.25) is 0 Å². The molecule has 7 heteroatoms. The molecule has 1 aromatic carbocycles. The molecule has 0 aliphatic carbocycles. The predicted molar refractivity (Wildman–Crippen MR) is 80.6 cm³/mol. The molecule has 0 spiro atoms. The van der Waals surface area contributed by atoms with Crippen molar-refractivity contribution in [3.63, 3.8) is 0 Å². The third-order valence-corrected chi connectivity index (χ3v) is 4.30. The van der Waals surface area contributed by atoms with Crippen LogP contribution in [-0.2, 0) is 0 Å². The Morgan fingerprint density at radius 2 is 2.35 bits per heavy atom. The van der Waals surface area contributed by atoms with E-state index >= 15 is 0 Å². The van der Waals surface area contributed by atoms with Gasteiger partial charge in [-0.3, -0.25) is 4.90 Å². The number of likely N-dealkylation sites (N-methyl/N-ethyl adjacent to an activating group) is 1. The van der Waals surface area contributed by atoms with Crippen LogP contribution in [0.15, 0.2) is 22.7 Å². The summed E-state index contributed by atoms with van der Waals surface area (Å²) in [6.07, 6.45) is 0. The molecule has 1 aliphatic rings. The van der Waals surface area contributed by atoms with E-state index in [2.05, 4.69) is 42.9 Å². The highest BCUT2D eigenvalue weighted by Crippen LogP contribution is 2.26. The Kier molecular flexibility index (Phi) is 3.99. The van der Waals surface area contributed by atoms with E-state index in [-0.39, 0.29) is 11.9 Å². The van der Waals surface area contributed by atoms with E-state index < -0.39 is 0 Å². The Labute approximate surface area is 129 Å². The molecule has 2 aromatic rings. The van der Waals surface area contributed by atoms with Crippen molar-refractivity contribution in [2.75, 3.05) is 26.7 Å². The van der Waals surface area contributed by atoms with E-state index in [9.17, 15) is 4.39 Å². The second kappa shape index (κ2) is 5.74. The summed E-state index contributed by atoms with van der Waals surface area (Å²) in [4.78, 5) is 6.65. The maximum atomic E-state index is 13.1. The van der Waals surface area contributed by atoms with Crippen molar-refractivity contribution in [2.45, 2.75) is 6.04 Å². The maximum Gasteiger partial charge on any atom is 0.259 e. The molecular formula is C13H14FIN4O. The highest BCUT2D eigenvalue weighted by Gasteiger charge is 2.25. The van der Waals surface area contributed by atoms with E-state index in [1.807, 2.05) is 7.05 Å². The summed E-state index contributed by atoms with van der Waals surface area (Å²) in [5.74, 6) is 0.826. The summed E-state index contributed by atoms with van der Waals surface area (Å²) in [5.41, 5.74) is 0.761. The molecule has 1 N–H and O–H groups in total. The quantitative estimate of drug-likeness (QED) is 0.799. The first-order valence-electron chi connectivity index (χ1n) is 6.35. The van der Waals surface area contributed by atoms with Gasteiger partial charge in [-0.15, -0.1) is 0 Å². The lowest BCUT2D eigenvalue weighted by atomic mass is 10.2. The zero-order valence-corrected chi connectivity index (χ0v) is 13.1. The summed E-state index contributed by atoms with van der Waals surface area (Å²) >= 11 is 2.07. The summed E-state index contributed by atoms with van der Waals surface area (Å²) in [7, 11) is 2.04. The fourth-order valence-electron chi connectivity index (χ4n) is 2.24. The number of nitrogens with zero attached hydrogens (tertiary/aromatic N) is 3. The van der Waals surface area contributed by atoms with E-state index in [1.165, 1.54) is 12.1 Å². The molecule has 1 saturated heterocycles. The van der Waals surface area contributed by atoms with Gasteiger partial charge in [0.1, 0.15) is 5.82 Å². The minimum Gasteiger partial charge on any atom is -0.334 e. The number of hydrogen-bond donors (Lipinski definition) is 1. The summed E-state index contributed by atoms with van der Waals surface area (Å²) in [5, 5.41) is 7.38. The number of hydrogen-bond acceptors (Lipinski definition) is 5. The van der Waals surface area contributed by atoms with E-state index in [1.54, 1.807) is 6.07 Å². The van der Waals surface area contributed by atoms with Crippen molar-refractivity contribution in [3.8, 4) is 11.5 Å². The molecule has 1 aromatic heterocycles. The molecule has 1 unspecified atom stereocenters. The fourth-order valence-corrected chi connectivity index (χ4v) is 2.94. The SMILES string of the molecule is CN1CCNCC1c1noc(-c2ccc(F)cc2I)n1. The first-order chi connectivity index (χ1) is 9.65. The first kappa shape index (κ1) is 13.9. The van der Waals surface area contributed by atoms with Crippen LogP contribution in [0.1, 0.15) is 11.9 Å². The summed E-state index contributed by atoms with van der Waals surface area (Å²) in [6.45, 7) is 2.71. The molecule has 1 atom stereocenters. The number of benzene rings is 1. The third kappa shape index (κ3) is 2.70. The lowest BCUT2D eigenvalue weighted by molar-refractivity contribution is 0.190. The average Bonchev–Trinajstić information content (AvgIpc) is 2.88. The van der Waals surface area contributed by atoms with Crippen LogP contribution in [0.4, 0.5) is 4.39 Å². The normalized spacial score (nSPS) is 20.2. The number of aromatic nitrogens is 2. The van der Waals surface area contributed by atoms with Gasteiger partial charge in [0.15, 0.2) is 5.82 Å². The second-order valence-electron chi connectivity index (χ2n) is 4.78. The zero-order chi connectivity index (χ0) is 14.1. The van der Waals surface area contributed by atoms with Crippen LogP contribution in [0.2, 0.25) is 0 Å². The van der Waals surface area contributed by atoms with Crippen molar-refractivity contribution in [1.82, 2.24) is 20.4 Å². The van der Waals surface area contributed by atoms with Crippen molar-refractivity contribution >= 4 is 22.6 Å². The van der Waals surface area contributed by atoms with Gasteiger partial charge in [-0.05, 0) is 47.8 Å². The summed E-state index contributed by atoms with van der Waals surface area (Å²) in [6, 6.07) is 4.63. The zero-order valence-electron chi connectivity index (χ0n) is 10.9. The van der Waals surface area contributed by atoms with E-state index in [0.717, 1.165) is 28.8 Å². The smallest absolute Gasteiger partial charge is 0.259 e. The molecular weight excluding hydrogens is 374 g/mol. The molecule has 1 fully saturated rings. The van der Waals surface area contributed by atoms with Crippen LogP contribution in [0.25, 0.3) is 11.5 Å². The molecule has 0 saturated carbocycles. The highest BCUT2D eigenvalue weighted by molar-refractivity contribution is 14.1. The maximum absolute atomic E-state index is 13.1. The van der Waals surface area contributed by atoms with Gasteiger partial charge in [0, 0.05) is 23.2 Å². The van der Waals surface area contributed by atoms with Gasteiger partial charge in [0.25, 0.3) is 5.89 Å². The Balaban J connectivity index is 1.89. The predicted octanol–water partition coefficient (Wildman–Crippen LogP) is 2.06. The molecule has 20 heavy (non-hydrogen) atoms. The minimum atomic E-state index is -0.269. The third-order valence-electron chi connectivity index (χ3n) is 3.41. The van der Waals surface area contributed by atoms with E-state index in [0.29, 0.717) is 11.7 Å². The minimum absolute atomic E-state index is 0.111. The number of piperazine rings is 1. The molecule has 0 amide bonds. The Hall–Kier alpha value is -1.06. The monoisotopic (exact) mass is 388 g/mol. The molecule has 2 heterocycles. The molecule has 1 aliphatic heterocycles. The molecule has 0 radical (unpaired) electrons. The topological polar surface area (TPSA) is 54.2 Å². The van der Waals surface area contributed by atoms with Crippen molar-refractivity contribution in [3.05, 3.63) is 33.4 Å². The van der Waals surface area contributed by atoms with Crippen LogP contribution in [0, 0.1) is 9.39 Å².